The third-order valence-electron chi connectivity index (χ3n) is 2.98. The fourth-order valence-electron chi connectivity index (χ4n) is 1.94. The Balaban J connectivity index is 1.99. The van der Waals surface area contributed by atoms with Crippen LogP contribution in [-0.4, -0.2) is 40.4 Å². The highest BCUT2D eigenvalue weighted by atomic mass is 79.9. The Morgan fingerprint density at radius 1 is 1.39 bits per heavy atom. The van der Waals surface area contributed by atoms with Crippen molar-refractivity contribution in [3.63, 3.8) is 0 Å². The molecule has 1 aliphatic heterocycles. The van der Waals surface area contributed by atoms with Crippen molar-refractivity contribution in [2.24, 2.45) is 0 Å². The topological polar surface area (TPSA) is 60.8 Å². The maximum absolute atomic E-state index is 12.8. The van der Waals surface area contributed by atoms with Crippen molar-refractivity contribution in [1.29, 1.82) is 0 Å². The summed E-state index contributed by atoms with van der Waals surface area (Å²) in [7, 11) is 0. The van der Waals surface area contributed by atoms with Gasteiger partial charge in [0.2, 0.25) is 0 Å². The maximum Gasteiger partial charge on any atom is 0.410 e. The summed E-state index contributed by atoms with van der Waals surface area (Å²) in [6.45, 7) is 2.78. The fraction of sp³-hybridized carbons (Fsp3) is 0.571. The third-order valence-corrected chi connectivity index (χ3v) is 3.41. The molecule has 0 aliphatic carbocycles. The Morgan fingerprint density at radius 3 is 2.52 bits per heavy atom. The first kappa shape index (κ1) is 17.7. The molecule has 23 heavy (non-hydrogen) atoms. The SMILES string of the molecule is CC(C)(C)OC(=O)N1CC(Oc2cc(Br)cn(C(F)F)c2=O)C1. The molecule has 1 aromatic heterocycles. The van der Waals surface area contributed by atoms with E-state index in [1.165, 1.54) is 11.0 Å². The first-order chi connectivity index (χ1) is 10.6. The number of rotatable bonds is 3. The number of carbonyl (C=O) groups is 1. The Hall–Kier alpha value is -1.64. The Labute approximate surface area is 140 Å². The van der Waals surface area contributed by atoms with Crippen molar-refractivity contribution < 1.29 is 23.0 Å². The second-order valence-electron chi connectivity index (χ2n) is 6.14. The van der Waals surface area contributed by atoms with Crippen LogP contribution >= 0.6 is 15.9 Å². The van der Waals surface area contributed by atoms with Crippen molar-refractivity contribution in [3.8, 4) is 5.75 Å². The summed E-state index contributed by atoms with van der Waals surface area (Å²) in [6, 6.07) is 1.33. The van der Waals surface area contributed by atoms with E-state index < -0.39 is 29.9 Å². The first-order valence-corrected chi connectivity index (χ1v) is 7.70. The molecule has 1 fully saturated rings. The molecule has 6 nitrogen and oxygen atoms in total. The quantitative estimate of drug-likeness (QED) is 0.790. The lowest BCUT2D eigenvalue weighted by molar-refractivity contribution is -0.0229. The van der Waals surface area contributed by atoms with Crippen LogP contribution < -0.4 is 10.3 Å². The van der Waals surface area contributed by atoms with Gasteiger partial charge in [-0.25, -0.2) is 4.79 Å². The summed E-state index contributed by atoms with van der Waals surface area (Å²) in [5.74, 6) is -0.187. The summed E-state index contributed by atoms with van der Waals surface area (Å²) < 4.78 is 36.7. The minimum absolute atomic E-state index is 0.187. The summed E-state index contributed by atoms with van der Waals surface area (Å²) in [4.78, 5) is 25.1. The molecule has 9 heteroatoms. The molecule has 128 valence electrons. The Morgan fingerprint density at radius 2 is 2.00 bits per heavy atom. The van der Waals surface area contributed by atoms with Gasteiger partial charge in [-0.15, -0.1) is 0 Å². The van der Waals surface area contributed by atoms with E-state index in [1.54, 1.807) is 20.8 Å². The predicted octanol–water partition coefficient (Wildman–Crippen LogP) is 3.00. The molecule has 2 rings (SSSR count). The van der Waals surface area contributed by atoms with Gasteiger partial charge in [0.15, 0.2) is 5.75 Å². The summed E-state index contributed by atoms with van der Waals surface area (Å²) in [5, 5.41) is 0. The van der Waals surface area contributed by atoms with Crippen LogP contribution in [-0.2, 0) is 4.74 Å². The monoisotopic (exact) mass is 394 g/mol. The number of nitrogens with zero attached hydrogens (tertiary/aromatic N) is 2. The molecule has 0 spiro atoms. The minimum atomic E-state index is -2.96. The molecule has 2 heterocycles. The molecule has 0 bridgehead atoms. The number of amides is 1. The largest absolute Gasteiger partial charge is 0.481 e. The lowest BCUT2D eigenvalue weighted by atomic mass is 10.1. The molecule has 0 N–H and O–H groups in total. The molecule has 0 atom stereocenters. The number of hydrogen-bond donors (Lipinski definition) is 0. The first-order valence-electron chi connectivity index (χ1n) is 6.91. The highest BCUT2D eigenvalue weighted by Gasteiger charge is 2.35. The van der Waals surface area contributed by atoms with Gasteiger partial charge < -0.3 is 14.4 Å². The minimum Gasteiger partial charge on any atom is -0.481 e. The number of likely N-dealkylation sites (tertiary alicyclic amines) is 1. The average Bonchev–Trinajstić information content (AvgIpc) is 2.33. The van der Waals surface area contributed by atoms with E-state index in [0.717, 1.165) is 6.20 Å². The highest BCUT2D eigenvalue weighted by Crippen LogP contribution is 2.22. The molecule has 0 unspecified atom stereocenters. The van der Waals surface area contributed by atoms with Crippen LogP contribution in [0.4, 0.5) is 13.6 Å². The van der Waals surface area contributed by atoms with Gasteiger partial charge in [-0.3, -0.25) is 9.36 Å². The van der Waals surface area contributed by atoms with Gasteiger partial charge in [0.05, 0.1) is 13.1 Å². The summed E-state index contributed by atoms with van der Waals surface area (Å²) in [5.41, 5.74) is -1.52. The molecular formula is C14H17BrF2N2O4. The second kappa shape index (κ2) is 6.46. The zero-order chi connectivity index (χ0) is 17.4. The van der Waals surface area contributed by atoms with Crippen LogP contribution in [0.15, 0.2) is 21.5 Å². The summed E-state index contributed by atoms with van der Waals surface area (Å²) >= 11 is 3.06. The number of hydrogen-bond acceptors (Lipinski definition) is 4. The normalized spacial score (nSPS) is 15.5. The van der Waals surface area contributed by atoms with Gasteiger partial charge in [-0.2, -0.15) is 8.78 Å². The number of carbonyl (C=O) groups excluding carboxylic acids is 1. The van der Waals surface area contributed by atoms with E-state index in [0.29, 0.717) is 4.47 Å². The number of halogens is 3. The lowest BCUT2D eigenvalue weighted by Crippen LogP contribution is -2.57. The Kier molecular flexibility index (Phi) is 4.98. The van der Waals surface area contributed by atoms with Gasteiger partial charge in [0.1, 0.15) is 11.7 Å². The van der Waals surface area contributed by atoms with Gasteiger partial charge in [-0.05, 0) is 36.7 Å². The molecule has 1 aliphatic rings. The van der Waals surface area contributed by atoms with Crippen LogP contribution in [0.5, 0.6) is 5.75 Å². The van der Waals surface area contributed by atoms with Gasteiger partial charge >= 0.3 is 12.6 Å². The number of pyridine rings is 1. The smallest absolute Gasteiger partial charge is 0.410 e. The standard InChI is InChI=1S/C14H17BrF2N2O4/c1-14(2,3)23-13(21)18-6-9(7-18)22-10-4-8(15)5-19(11(10)20)12(16)17/h4-5,9,12H,6-7H2,1-3H3. The molecule has 0 aromatic carbocycles. The second-order valence-corrected chi connectivity index (χ2v) is 7.05. The van der Waals surface area contributed by atoms with Crippen molar-refractivity contribution in [2.75, 3.05) is 13.1 Å². The van der Waals surface area contributed by atoms with Crippen LogP contribution in [0.3, 0.4) is 0 Å². The third kappa shape index (κ3) is 4.43. The van der Waals surface area contributed by atoms with Crippen LogP contribution in [0.25, 0.3) is 0 Å². The zero-order valence-electron chi connectivity index (χ0n) is 12.9. The van der Waals surface area contributed by atoms with E-state index in [9.17, 15) is 18.4 Å². The van der Waals surface area contributed by atoms with Crippen molar-refractivity contribution >= 4 is 22.0 Å². The summed E-state index contributed by atoms with van der Waals surface area (Å²) in [6.07, 6.45) is 0.0837. The molecule has 1 aromatic rings. The van der Waals surface area contributed by atoms with Gasteiger partial charge in [0.25, 0.3) is 5.56 Å². The average molecular weight is 395 g/mol. The van der Waals surface area contributed by atoms with Crippen molar-refractivity contribution in [3.05, 3.63) is 27.1 Å². The molecule has 0 radical (unpaired) electrons. The predicted molar refractivity (Wildman–Crippen MR) is 81.9 cm³/mol. The number of aromatic nitrogens is 1. The van der Waals surface area contributed by atoms with E-state index in [2.05, 4.69) is 15.9 Å². The van der Waals surface area contributed by atoms with Crippen LogP contribution in [0, 0.1) is 0 Å². The van der Waals surface area contributed by atoms with Crippen molar-refractivity contribution in [2.45, 2.75) is 39.0 Å². The molecule has 0 saturated carbocycles. The van der Waals surface area contributed by atoms with Crippen LogP contribution in [0.1, 0.15) is 27.3 Å². The van der Waals surface area contributed by atoms with E-state index in [4.69, 9.17) is 9.47 Å². The van der Waals surface area contributed by atoms with E-state index in [-0.39, 0.29) is 23.4 Å². The van der Waals surface area contributed by atoms with Crippen molar-refractivity contribution in [1.82, 2.24) is 9.47 Å². The number of ether oxygens (including phenoxy) is 2. The fourth-order valence-corrected chi connectivity index (χ4v) is 2.37. The van der Waals surface area contributed by atoms with Gasteiger partial charge in [-0.1, -0.05) is 0 Å². The number of alkyl halides is 2. The lowest BCUT2D eigenvalue weighted by Gasteiger charge is -2.39. The maximum atomic E-state index is 12.8. The van der Waals surface area contributed by atoms with E-state index in [1.807, 2.05) is 0 Å². The molecular weight excluding hydrogens is 378 g/mol. The van der Waals surface area contributed by atoms with Gasteiger partial charge in [0, 0.05) is 16.7 Å². The Bertz CT molecular complexity index is 651. The molecule has 1 amide bonds. The van der Waals surface area contributed by atoms with E-state index >= 15 is 0 Å². The zero-order valence-corrected chi connectivity index (χ0v) is 14.5. The molecule has 1 saturated heterocycles. The highest BCUT2D eigenvalue weighted by molar-refractivity contribution is 9.10. The van der Waals surface area contributed by atoms with Crippen LogP contribution in [0.2, 0.25) is 0 Å².